The third kappa shape index (κ3) is 3.26. The molecule has 0 amide bonds. The van der Waals surface area contributed by atoms with Crippen molar-refractivity contribution in [3.8, 4) is 0 Å². The van der Waals surface area contributed by atoms with Crippen LogP contribution in [0.25, 0.3) is 11.1 Å². The van der Waals surface area contributed by atoms with Gasteiger partial charge in [-0.2, -0.15) is 0 Å². The van der Waals surface area contributed by atoms with E-state index < -0.39 is 0 Å². The molecule has 1 heteroatoms. The molecule has 0 aliphatic heterocycles. The summed E-state index contributed by atoms with van der Waals surface area (Å²) in [7, 11) is 0. The summed E-state index contributed by atoms with van der Waals surface area (Å²) in [5.74, 6) is 0.398. The molecule has 0 radical (unpaired) electrons. The standard InChI is InChI=1S/C26H24O/c1-2-12-22-23(19-13-6-3-7-14-19)24(20-15-8-4-9-16-20)25(26(22)27)21-17-10-5-11-18-21/h3-11,13-18,22-23H,2,12H2,1H3/t22-,23?/m1/s1. The van der Waals surface area contributed by atoms with Crippen LogP contribution in [0.5, 0.6) is 0 Å². The quantitative estimate of drug-likeness (QED) is 0.520. The average Bonchev–Trinajstić information content (AvgIpc) is 3.03. The van der Waals surface area contributed by atoms with E-state index in [-0.39, 0.29) is 17.6 Å². The number of ketones is 1. The Hall–Kier alpha value is -2.93. The Morgan fingerprint density at radius 2 is 1.22 bits per heavy atom. The Kier molecular flexibility index (Phi) is 5.02. The molecule has 0 saturated carbocycles. The van der Waals surface area contributed by atoms with Gasteiger partial charge in [-0.25, -0.2) is 0 Å². The highest BCUT2D eigenvalue weighted by atomic mass is 16.1. The third-order valence-electron chi connectivity index (χ3n) is 5.47. The smallest absolute Gasteiger partial charge is 0.167 e. The summed E-state index contributed by atoms with van der Waals surface area (Å²) in [5.41, 5.74) is 5.48. The minimum absolute atomic E-state index is 0.00260. The Balaban J connectivity index is 1.98. The van der Waals surface area contributed by atoms with Gasteiger partial charge in [-0.15, -0.1) is 0 Å². The van der Waals surface area contributed by atoms with Gasteiger partial charge in [0.2, 0.25) is 0 Å². The summed E-state index contributed by atoms with van der Waals surface area (Å²) < 4.78 is 0. The lowest BCUT2D eigenvalue weighted by Crippen LogP contribution is -2.16. The van der Waals surface area contributed by atoms with E-state index in [2.05, 4.69) is 67.6 Å². The van der Waals surface area contributed by atoms with Crippen LogP contribution in [0.4, 0.5) is 0 Å². The Bertz CT molecular complexity index is 939. The van der Waals surface area contributed by atoms with E-state index in [1.807, 2.05) is 30.3 Å². The second-order valence-corrected chi connectivity index (χ2v) is 7.17. The van der Waals surface area contributed by atoms with Crippen LogP contribution in [0.2, 0.25) is 0 Å². The van der Waals surface area contributed by atoms with Crippen LogP contribution >= 0.6 is 0 Å². The molecule has 27 heavy (non-hydrogen) atoms. The molecular weight excluding hydrogens is 328 g/mol. The lowest BCUT2D eigenvalue weighted by Gasteiger charge is -2.22. The Labute approximate surface area is 161 Å². The molecule has 1 aliphatic carbocycles. The van der Waals surface area contributed by atoms with Crippen molar-refractivity contribution in [1.29, 1.82) is 0 Å². The maximum absolute atomic E-state index is 13.6. The van der Waals surface area contributed by atoms with Gasteiger partial charge in [0.15, 0.2) is 5.78 Å². The van der Waals surface area contributed by atoms with Crippen molar-refractivity contribution in [3.05, 3.63) is 108 Å². The van der Waals surface area contributed by atoms with Crippen LogP contribution < -0.4 is 0 Å². The molecule has 1 aliphatic rings. The largest absolute Gasteiger partial charge is 0.294 e. The van der Waals surface area contributed by atoms with Gasteiger partial charge in [-0.3, -0.25) is 4.79 Å². The van der Waals surface area contributed by atoms with E-state index in [0.717, 1.165) is 29.5 Å². The van der Waals surface area contributed by atoms with Crippen LogP contribution in [-0.2, 0) is 4.79 Å². The number of carbonyl (C=O) groups is 1. The minimum Gasteiger partial charge on any atom is -0.294 e. The molecule has 3 aromatic carbocycles. The molecule has 0 heterocycles. The molecule has 4 rings (SSSR count). The van der Waals surface area contributed by atoms with Gasteiger partial charge in [0.25, 0.3) is 0 Å². The molecule has 0 fully saturated rings. The Morgan fingerprint density at radius 3 is 1.78 bits per heavy atom. The second kappa shape index (κ2) is 7.75. The summed E-state index contributed by atoms with van der Waals surface area (Å²) in [6.07, 6.45) is 1.91. The maximum atomic E-state index is 13.6. The molecule has 0 N–H and O–H groups in total. The topological polar surface area (TPSA) is 17.1 Å². The first kappa shape index (κ1) is 17.5. The SMILES string of the molecule is CCC[C@H]1C(=O)C(c2ccccc2)=C(c2ccccc2)C1c1ccccc1. The van der Waals surface area contributed by atoms with Gasteiger partial charge in [0, 0.05) is 17.4 Å². The molecule has 0 bridgehead atoms. The molecule has 1 unspecified atom stereocenters. The van der Waals surface area contributed by atoms with E-state index in [9.17, 15) is 4.79 Å². The van der Waals surface area contributed by atoms with Crippen molar-refractivity contribution in [3.63, 3.8) is 0 Å². The van der Waals surface area contributed by atoms with Gasteiger partial charge in [-0.05, 0) is 28.7 Å². The van der Waals surface area contributed by atoms with Gasteiger partial charge < -0.3 is 0 Å². The molecule has 0 spiro atoms. The molecule has 2 atom stereocenters. The number of hydrogen-bond donors (Lipinski definition) is 0. The summed E-state index contributed by atoms with van der Waals surface area (Å²) >= 11 is 0. The molecule has 0 aromatic heterocycles. The predicted molar refractivity (Wildman–Crippen MR) is 112 cm³/mol. The number of carbonyl (C=O) groups excluding carboxylic acids is 1. The summed E-state index contributed by atoms with van der Waals surface area (Å²) in [5, 5.41) is 0. The van der Waals surface area contributed by atoms with Crippen LogP contribution in [-0.4, -0.2) is 5.78 Å². The molecule has 0 saturated heterocycles. The van der Waals surface area contributed by atoms with Gasteiger partial charge in [-0.1, -0.05) is 104 Å². The van der Waals surface area contributed by atoms with Crippen LogP contribution in [0.1, 0.15) is 42.4 Å². The predicted octanol–water partition coefficient (Wildman–Crippen LogP) is 6.38. The number of hydrogen-bond acceptors (Lipinski definition) is 1. The minimum atomic E-state index is 0.00260. The fourth-order valence-electron chi connectivity index (χ4n) is 4.34. The first-order valence-electron chi connectivity index (χ1n) is 9.75. The van der Waals surface area contributed by atoms with Gasteiger partial charge >= 0.3 is 0 Å². The highest BCUT2D eigenvalue weighted by molar-refractivity contribution is 6.33. The number of benzene rings is 3. The van der Waals surface area contributed by atoms with Crippen LogP contribution in [0.3, 0.4) is 0 Å². The average molecular weight is 352 g/mol. The van der Waals surface area contributed by atoms with E-state index in [1.54, 1.807) is 0 Å². The van der Waals surface area contributed by atoms with E-state index in [4.69, 9.17) is 0 Å². The molecule has 134 valence electrons. The number of rotatable bonds is 5. The Morgan fingerprint density at radius 1 is 0.704 bits per heavy atom. The van der Waals surface area contributed by atoms with E-state index >= 15 is 0 Å². The maximum Gasteiger partial charge on any atom is 0.167 e. The molecular formula is C26H24O. The highest BCUT2D eigenvalue weighted by Gasteiger charge is 2.42. The summed E-state index contributed by atoms with van der Waals surface area (Å²) in [6.45, 7) is 2.16. The first-order valence-corrected chi connectivity index (χ1v) is 9.75. The van der Waals surface area contributed by atoms with Gasteiger partial charge in [0.1, 0.15) is 0 Å². The zero-order chi connectivity index (χ0) is 18.6. The fourth-order valence-corrected chi connectivity index (χ4v) is 4.34. The zero-order valence-corrected chi connectivity index (χ0v) is 15.6. The molecule has 1 nitrogen and oxygen atoms in total. The second-order valence-electron chi connectivity index (χ2n) is 7.17. The van der Waals surface area contributed by atoms with Crippen molar-refractivity contribution in [1.82, 2.24) is 0 Å². The van der Waals surface area contributed by atoms with Crippen LogP contribution in [0.15, 0.2) is 91.0 Å². The van der Waals surface area contributed by atoms with E-state index in [0.29, 0.717) is 0 Å². The van der Waals surface area contributed by atoms with Crippen molar-refractivity contribution >= 4 is 16.9 Å². The normalized spacial score (nSPS) is 19.5. The van der Waals surface area contributed by atoms with Crippen molar-refractivity contribution < 1.29 is 4.79 Å². The third-order valence-corrected chi connectivity index (χ3v) is 5.47. The van der Waals surface area contributed by atoms with Gasteiger partial charge in [0.05, 0.1) is 0 Å². The van der Waals surface area contributed by atoms with Crippen molar-refractivity contribution in [2.75, 3.05) is 0 Å². The molecule has 3 aromatic rings. The van der Waals surface area contributed by atoms with Crippen molar-refractivity contribution in [2.45, 2.75) is 25.7 Å². The lowest BCUT2D eigenvalue weighted by molar-refractivity contribution is -0.117. The number of Topliss-reactive ketones (excluding diaryl/α,β-unsaturated/α-hetero) is 1. The number of allylic oxidation sites excluding steroid dienone is 2. The monoisotopic (exact) mass is 352 g/mol. The zero-order valence-electron chi connectivity index (χ0n) is 15.6. The lowest BCUT2D eigenvalue weighted by atomic mass is 9.80. The van der Waals surface area contributed by atoms with Crippen molar-refractivity contribution in [2.24, 2.45) is 5.92 Å². The highest BCUT2D eigenvalue weighted by Crippen LogP contribution is 2.51. The summed E-state index contributed by atoms with van der Waals surface area (Å²) in [4.78, 5) is 13.6. The summed E-state index contributed by atoms with van der Waals surface area (Å²) in [6, 6.07) is 31.1. The van der Waals surface area contributed by atoms with E-state index in [1.165, 1.54) is 11.1 Å². The fraction of sp³-hybridized carbons (Fsp3) is 0.192. The van der Waals surface area contributed by atoms with Crippen LogP contribution in [0, 0.1) is 5.92 Å². The first-order chi connectivity index (χ1) is 13.3.